The van der Waals surface area contributed by atoms with Crippen molar-refractivity contribution in [3.8, 4) is 11.5 Å². The molecule has 1 aliphatic carbocycles. The van der Waals surface area contributed by atoms with E-state index in [-0.39, 0.29) is 23.9 Å². The maximum absolute atomic E-state index is 12.9. The van der Waals surface area contributed by atoms with E-state index in [0.717, 1.165) is 31.4 Å². The fourth-order valence-electron chi connectivity index (χ4n) is 4.74. The van der Waals surface area contributed by atoms with Gasteiger partial charge in [-0.05, 0) is 62.2 Å². The van der Waals surface area contributed by atoms with Gasteiger partial charge >= 0.3 is 0 Å². The lowest BCUT2D eigenvalue weighted by Crippen LogP contribution is -2.47. The number of amidine groups is 1. The minimum Gasteiger partial charge on any atom is -0.456 e. The van der Waals surface area contributed by atoms with Gasteiger partial charge < -0.3 is 30.4 Å². The van der Waals surface area contributed by atoms with Crippen LogP contribution in [0.4, 0.5) is 11.4 Å². The third-order valence-electron chi connectivity index (χ3n) is 6.71. The molecule has 1 saturated carbocycles. The summed E-state index contributed by atoms with van der Waals surface area (Å²) in [6.07, 6.45) is 7.29. The number of carbonyl (C=O) groups is 1. The Morgan fingerprint density at radius 3 is 2.65 bits per heavy atom. The Morgan fingerprint density at radius 2 is 1.95 bits per heavy atom. The number of anilines is 2. The van der Waals surface area contributed by atoms with Gasteiger partial charge in [-0.2, -0.15) is 0 Å². The van der Waals surface area contributed by atoms with Crippen molar-refractivity contribution in [1.82, 2.24) is 9.88 Å². The average Bonchev–Trinajstić information content (AvgIpc) is 3.29. The van der Waals surface area contributed by atoms with E-state index in [1.165, 1.54) is 6.42 Å². The molecule has 1 aromatic heterocycles. The highest BCUT2D eigenvalue weighted by Crippen LogP contribution is 2.33. The molecule has 0 radical (unpaired) electrons. The van der Waals surface area contributed by atoms with Gasteiger partial charge in [0.05, 0.1) is 17.3 Å². The predicted molar refractivity (Wildman–Crippen MR) is 148 cm³/mol. The number of ether oxygens (including phenoxy) is 1. The first-order valence-electron chi connectivity index (χ1n) is 12.6. The number of carbonyl (C=O) groups excluding carboxylic acids is 1. The number of aromatic nitrogens is 1. The van der Waals surface area contributed by atoms with E-state index < -0.39 is 0 Å². The summed E-state index contributed by atoms with van der Waals surface area (Å²) in [4.78, 5) is 12.9. The lowest BCUT2D eigenvalue weighted by molar-refractivity contribution is 0.0882. The fourth-order valence-corrected chi connectivity index (χ4v) is 4.96. The number of benzene rings is 2. The number of rotatable bonds is 9. The predicted octanol–water partition coefficient (Wildman–Crippen LogP) is 5.86. The zero-order chi connectivity index (χ0) is 26.4. The summed E-state index contributed by atoms with van der Waals surface area (Å²) in [6.45, 7) is 2.46. The third kappa shape index (κ3) is 6.45. The van der Waals surface area contributed by atoms with Gasteiger partial charge in [-0.25, -0.2) is 0 Å². The van der Waals surface area contributed by atoms with E-state index in [2.05, 4.69) is 22.9 Å². The van der Waals surface area contributed by atoms with Crippen molar-refractivity contribution in [3.63, 3.8) is 0 Å². The van der Waals surface area contributed by atoms with Gasteiger partial charge in [-0.15, -0.1) is 0 Å². The number of halogens is 1. The van der Waals surface area contributed by atoms with Crippen LogP contribution in [-0.2, 0) is 6.54 Å². The van der Waals surface area contributed by atoms with E-state index in [9.17, 15) is 9.90 Å². The first kappa shape index (κ1) is 26.6. The van der Waals surface area contributed by atoms with Crippen LogP contribution in [-0.4, -0.2) is 40.6 Å². The van der Waals surface area contributed by atoms with Crippen molar-refractivity contribution in [3.05, 3.63) is 71.0 Å². The molecule has 1 fully saturated rings. The molecule has 2 aromatic carbocycles. The van der Waals surface area contributed by atoms with Crippen LogP contribution >= 0.6 is 11.6 Å². The SMILES string of the molecule is CNc1ccn(CCO)c1C(=N)Nc1ccc(Oc2cccc(C(=O)NC3(C)CCCCC3)c2)c(Cl)c1. The monoisotopic (exact) mass is 523 g/mol. The maximum Gasteiger partial charge on any atom is 0.251 e. The number of aliphatic hydroxyl groups is 1. The highest BCUT2D eigenvalue weighted by atomic mass is 35.5. The molecule has 5 N–H and O–H groups in total. The second-order valence-corrected chi connectivity index (χ2v) is 10.0. The summed E-state index contributed by atoms with van der Waals surface area (Å²) >= 11 is 6.51. The van der Waals surface area contributed by atoms with Gasteiger partial charge in [0.2, 0.25) is 0 Å². The first-order valence-corrected chi connectivity index (χ1v) is 12.9. The number of amides is 1. The largest absolute Gasteiger partial charge is 0.456 e. The zero-order valence-electron chi connectivity index (χ0n) is 21.2. The van der Waals surface area contributed by atoms with Crippen molar-refractivity contribution in [2.75, 3.05) is 24.3 Å². The minimum atomic E-state index is -0.167. The van der Waals surface area contributed by atoms with Crippen LogP contribution in [0.25, 0.3) is 0 Å². The first-order chi connectivity index (χ1) is 17.8. The highest BCUT2D eigenvalue weighted by Gasteiger charge is 2.28. The smallest absolute Gasteiger partial charge is 0.251 e. The van der Waals surface area contributed by atoms with E-state index in [1.54, 1.807) is 54.1 Å². The molecule has 8 nitrogen and oxygen atoms in total. The summed E-state index contributed by atoms with van der Waals surface area (Å²) in [6, 6.07) is 14.1. The summed E-state index contributed by atoms with van der Waals surface area (Å²) < 4.78 is 7.80. The van der Waals surface area contributed by atoms with Crippen molar-refractivity contribution in [2.24, 2.45) is 0 Å². The van der Waals surface area contributed by atoms with Crippen molar-refractivity contribution in [2.45, 2.75) is 51.1 Å². The Kier molecular flexibility index (Phi) is 8.41. The van der Waals surface area contributed by atoms with Crippen molar-refractivity contribution >= 4 is 34.7 Å². The van der Waals surface area contributed by atoms with Crippen LogP contribution in [0.2, 0.25) is 5.02 Å². The topological polar surface area (TPSA) is 111 Å². The Morgan fingerprint density at radius 1 is 1.16 bits per heavy atom. The molecule has 9 heteroatoms. The Labute approximate surface area is 222 Å². The molecule has 37 heavy (non-hydrogen) atoms. The van der Waals surface area contributed by atoms with E-state index >= 15 is 0 Å². The molecule has 0 saturated heterocycles. The minimum absolute atomic E-state index is 0.0296. The molecule has 0 spiro atoms. The number of aliphatic hydroxyl groups excluding tert-OH is 1. The van der Waals surface area contributed by atoms with Gasteiger partial charge in [-0.3, -0.25) is 10.2 Å². The second kappa shape index (κ2) is 11.7. The van der Waals surface area contributed by atoms with E-state index in [0.29, 0.717) is 40.0 Å². The summed E-state index contributed by atoms with van der Waals surface area (Å²) in [5.41, 5.74) is 2.40. The van der Waals surface area contributed by atoms with Gasteiger partial charge in [-0.1, -0.05) is 36.9 Å². The van der Waals surface area contributed by atoms with Crippen LogP contribution in [0, 0.1) is 5.41 Å². The maximum atomic E-state index is 12.9. The highest BCUT2D eigenvalue weighted by molar-refractivity contribution is 6.32. The van der Waals surface area contributed by atoms with Crippen LogP contribution in [0.15, 0.2) is 54.7 Å². The zero-order valence-corrected chi connectivity index (χ0v) is 22.0. The normalized spacial score (nSPS) is 14.6. The van der Waals surface area contributed by atoms with Gasteiger partial charge in [0.1, 0.15) is 23.0 Å². The molecule has 3 aromatic rings. The van der Waals surface area contributed by atoms with Gasteiger partial charge in [0, 0.05) is 36.6 Å². The molecule has 1 heterocycles. The summed E-state index contributed by atoms with van der Waals surface area (Å²) in [5, 5.41) is 27.6. The van der Waals surface area contributed by atoms with Crippen LogP contribution in [0.5, 0.6) is 11.5 Å². The second-order valence-electron chi connectivity index (χ2n) is 9.60. The van der Waals surface area contributed by atoms with Crippen LogP contribution in [0.1, 0.15) is 55.1 Å². The number of hydrogen-bond acceptors (Lipinski definition) is 5. The standard InChI is InChI=1S/C28H34ClN5O3/c1-28(12-4-3-5-13-28)33-27(36)19-7-6-8-21(17-19)37-24-10-9-20(18-22(24)29)32-26(30)25-23(31-2)11-14-34(25)15-16-35/h6-11,14,17-18,31,35H,3-5,12-13,15-16H2,1-2H3,(H2,30,32)(H,33,36). The third-order valence-corrected chi connectivity index (χ3v) is 7.00. The fraction of sp³-hybridized carbons (Fsp3) is 0.357. The quantitative estimate of drug-likeness (QED) is 0.178. The Hall–Kier alpha value is -3.49. The lowest BCUT2D eigenvalue weighted by Gasteiger charge is -2.34. The number of hydrogen-bond donors (Lipinski definition) is 5. The van der Waals surface area contributed by atoms with Crippen LogP contribution in [0.3, 0.4) is 0 Å². The van der Waals surface area contributed by atoms with Crippen molar-refractivity contribution in [1.29, 1.82) is 5.41 Å². The number of nitrogens with zero attached hydrogens (tertiary/aromatic N) is 1. The molecule has 0 bridgehead atoms. The molecule has 1 aliphatic rings. The average molecular weight is 524 g/mol. The lowest BCUT2D eigenvalue weighted by atomic mass is 9.83. The molecule has 4 rings (SSSR count). The molecular weight excluding hydrogens is 490 g/mol. The molecule has 1 amide bonds. The van der Waals surface area contributed by atoms with E-state index in [4.69, 9.17) is 21.7 Å². The molecular formula is C28H34ClN5O3. The Bertz CT molecular complexity index is 1270. The van der Waals surface area contributed by atoms with E-state index in [1.807, 2.05) is 12.3 Å². The Balaban J connectivity index is 1.44. The van der Waals surface area contributed by atoms with Gasteiger partial charge in [0.25, 0.3) is 5.91 Å². The van der Waals surface area contributed by atoms with Gasteiger partial charge in [0.15, 0.2) is 0 Å². The molecule has 0 unspecified atom stereocenters. The molecule has 196 valence electrons. The number of nitrogens with one attached hydrogen (secondary N) is 4. The van der Waals surface area contributed by atoms with Crippen molar-refractivity contribution < 1.29 is 14.6 Å². The summed E-state index contributed by atoms with van der Waals surface area (Å²) in [5.74, 6) is 1.01. The molecule has 0 atom stereocenters. The van der Waals surface area contributed by atoms with Crippen LogP contribution < -0.4 is 20.7 Å². The summed E-state index contributed by atoms with van der Waals surface area (Å²) in [7, 11) is 1.79. The molecule has 0 aliphatic heterocycles.